The fraction of sp³-hybridized carbons (Fsp3) is 0.357. The zero-order chi connectivity index (χ0) is 14.5. The lowest BCUT2D eigenvalue weighted by molar-refractivity contribution is -0.142. The van der Waals surface area contributed by atoms with Gasteiger partial charge in [-0.25, -0.2) is 0 Å². The van der Waals surface area contributed by atoms with E-state index < -0.39 is 5.97 Å². The van der Waals surface area contributed by atoms with E-state index in [2.05, 4.69) is 16.1 Å². The number of rotatable bonds is 3. The average Bonchev–Trinajstić information content (AvgIpc) is 2.88. The van der Waals surface area contributed by atoms with Crippen molar-refractivity contribution in [2.75, 3.05) is 18.6 Å². The Balaban J connectivity index is 1.90. The van der Waals surface area contributed by atoms with Crippen molar-refractivity contribution in [3.8, 4) is 0 Å². The molecule has 0 aromatic heterocycles. The molecule has 6 heteroatoms. The van der Waals surface area contributed by atoms with Gasteiger partial charge in [-0.05, 0) is 30.3 Å². The number of hydrogen-bond donors (Lipinski definition) is 1. The molecule has 0 bridgehead atoms. The molecule has 0 saturated heterocycles. The van der Waals surface area contributed by atoms with Crippen LogP contribution in [0, 0.1) is 0 Å². The summed E-state index contributed by atoms with van der Waals surface area (Å²) >= 11 is 5.25. The number of fused-ring (bicyclic) bond motifs is 1. The summed E-state index contributed by atoms with van der Waals surface area (Å²) in [5.74, 6) is -0.678. The number of hydrogen-bond acceptors (Lipinski definition) is 4. The van der Waals surface area contributed by atoms with Crippen LogP contribution in [-0.2, 0) is 20.7 Å². The Morgan fingerprint density at radius 3 is 2.85 bits per heavy atom. The van der Waals surface area contributed by atoms with E-state index in [1.165, 1.54) is 12.7 Å². The molecular weight excluding hydrogens is 276 g/mol. The smallest absolute Gasteiger partial charge is 0.306 e. The van der Waals surface area contributed by atoms with Crippen LogP contribution >= 0.6 is 12.2 Å². The van der Waals surface area contributed by atoms with Gasteiger partial charge in [0.1, 0.15) is 0 Å². The number of benzene rings is 1. The quantitative estimate of drug-likeness (QED) is 0.674. The fourth-order valence-corrected chi connectivity index (χ4v) is 2.42. The standard InChI is InChI=1S/C14H16N2O3S/c1-19-13(18)7-6-12(17)15-14(20)16-9-8-10-4-2-3-5-11(10)16/h2-5H,6-9H2,1H3,(H,15,17,20). The van der Waals surface area contributed by atoms with Gasteiger partial charge in [0.05, 0.1) is 13.5 Å². The number of nitrogens with zero attached hydrogens (tertiary/aromatic N) is 1. The van der Waals surface area contributed by atoms with Gasteiger partial charge in [0.15, 0.2) is 5.11 Å². The Bertz CT molecular complexity index is 545. The first-order valence-electron chi connectivity index (χ1n) is 6.38. The molecule has 0 atom stereocenters. The highest BCUT2D eigenvalue weighted by Crippen LogP contribution is 2.27. The van der Waals surface area contributed by atoms with Crippen molar-refractivity contribution < 1.29 is 14.3 Å². The van der Waals surface area contributed by atoms with Crippen LogP contribution in [0.1, 0.15) is 18.4 Å². The highest BCUT2D eigenvalue weighted by Gasteiger charge is 2.22. The third-order valence-electron chi connectivity index (χ3n) is 3.16. The van der Waals surface area contributed by atoms with Crippen LogP contribution in [0.25, 0.3) is 0 Å². The van der Waals surface area contributed by atoms with Crippen LogP contribution in [0.5, 0.6) is 0 Å². The molecule has 1 aliphatic rings. The minimum Gasteiger partial charge on any atom is -0.469 e. The second kappa shape index (κ2) is 6.47. The van der Waals surface area contributed by atoms with Gasteiger partial charge in [0.25, 0.3) is 0 Å². The summed E-state index contributed by atoms with van der Waals surface area (Å²) in [7, 11) is 1.30. The third kappa shape index (κ3) is 3.33. The second-order valence-corrected chi connectivity index (χ2v) is 4.85. The zero-order valence-corrected chi connectivity index (χ0v) is 12.0. The summed E-state index contributed by atoms with van der Waals surface area (Å²) in [6, 6.07) is 7.96. The van der Waals surface area contributed by atoms with Crippen LogP contribution in [0.2, 0.25) is 0 Å². The topological polar surface area (TPSA) is 58.6 Å². The molecule has 0 fully saturated rings. The molecule has 1 aromatic carbocycles. The van der Waals surface area contributed by atoms with Gasteiger partial charge in [-0.2, -0.15) is 0 Å². The number of carbonyl (C=O) groups is 2. The zero-order valence-electron chi connectivity index (χ0n) is 11.2. The van der Waals surface area contributed by atoms with E-state index >= 15 is 0 Å². The van der Waals surface area contributed by atoms with Gasteiger partial charge in [0.2, 0.25) is 5.91 Å². The maximum Gasteiger partial charge on any atom is 0.306 e. The second-order valence-electron chi connectivity index (χ2n) is 4.46. The SMILES string of the molecule is COC(=O)CCC(=O)NC(=S)N1CCc2ccccc21. The number of esters is 1. The molecule has 0 aliphatic carbocycles. The van der Waals surface area contributed by atoms with Crippen molar-refractivity contribution in [3.05, 3.63) is 29.8 Å². The maximum atomic E-state index is 11.7. The summed E-state index contributed by atoms with van der Waals surface area (Å²) in [5, 5.41) is 3.03. The van der Waals surface area contributed by atoms with Gasteiger partial charge >= 0.3 is 5.97 Å². The van der Waals surface area contributed by atoms with Crippen LogP contribution in [-0.4, -0.2) is 30.6 Å². The number of carbonyl (C=O) groups excluding carboxylic acids is 2. The molecule has 0 radical (unpaired) electrons. The van der Waals surface area contributed by atoms with Crippen molar-refractivity contribution in [1.82, 2.24) is 5.32 Å². The van der Waals surface area contributed by atoms with E-state index in [0.717, 1.165) is 18.7 Å². The Morgan fingerprint density at radius 2 is 2.10 bits per heavy atom. The number of methoxy groups -OCH3 is 1. The Kier molecular flexibility index (Phi) is 4.68. The average molecular weight is 292 g/mol. The predicted octanol–water partition coefficient (Wildman–Crippen LogP) is 1.40. The summed E-state index contributed by atoms with van der Waals surface area (Å²) in [4.78, 5) is 24.6. The van der Waals surface area contributed by atoms with Crippen molar-refractivity contribution in [1.29, 1.82) is 0 Å². The van der Waals surface area contributed by atoms with Gasteiger partial charge in [0, 0.05) is 18.7 Å². The highest BCUT2D eigenvalue weighted by molar-refractivity contribution is 7.80. The number of amides is 1. The normalized spacial score (nSPS) is 12.8. The number of thiocarbonyl (C=S) groups is 1. The number of anilines is 1. The van der Waals surface area contributed by atoms with E-state index in [1.807, 2.05) is 23.1 Å². The molecule has 106 valence electrons. The monoisotopic (exact) mass is 292 g/mol. The van der Waals surface area contributed by atoms with Crippen LogP contribution in [0.15, 0.2) is 24.3 Å². The summed E-state index contributed by atoms with van der Waals surface area (Å²) in [5.41, 5.74) is 2.25. The molecule has 1 aromatic rings. The van der Waals surface area contributed by atoms with E-state index in [9.17, 15) is 9.59 Å². The molecule has 1 aliphatic heterocycles. The molecular formula is C14H16N2O3S. The first-order chi connectivity index (χ1) is 9.61. The minimum atomic E-state index is -0.405. The lowest BCUT2D eigenvalue weighted by atomic mass is 10.2. The van der Waals surface area contributed by atoms with E-state index in [1.54, 1.807) is 0 Å². The first-order valence-corrected chi connectivity index (χ1v) is 6.78. The maximum absolute atomic E-state index is 11.7. The molecule has 2 rings (SSSR count). The summed E-state index contributed by atoms with van der Waals surface area (Å²) < 4.78 is 4.49. The Hall–Kier alpha value is -1.95. The Morgan fingerprint density at radius 1 is 1.35 bits per heavy atom. The van der Waals surface area contributed by atoms with Gasteiger partial charge in [-0.1, -0.05) is 18.2 Å². The highest BCUT2D eigenvalue weighted by atomic mass is 32.1. The van der Waals surface area contributed by atoms with Crippen molar-refractivity contribution in [2.24, 2.45) is 0 Å². The Labute approximate surface area is 122 Å². The first kappa shape index (κ1) is 14.5. The fourth-order valence-electron chi connectivity index (χ4n) is 2.12. The van der Waals surface area contributed by atoms with Crippen molar-refractivity contribution in [3.63, 3.8) is 0 Å². The van der Waals surface area contributed by atoms with Gasteiger partial charge in [-0.3, -0.25) is 9.59 Å². The predicted molar refractivity (Wildman–Crippen MR) is 79.5 cm³/mol. The van der Waals surface area contributed by atoms with Crippen molar-refractivity contribution in [2.45, 2.75) is 19.3 Å². The largest absolute Gasteiger partial charge is 0.469 e. The van der Waals surface area contributed by atoms with Gasteiger partial charge < -0.3 is 15.0 Å². The molecule has 1 N–H and O–H groups in total. The number of nitrogens with one attached hydrogen (secondary N) is 1. The number of para-hydroxylation sites is 1. The summed E-state index contributed by atoms with van der Waals surface area (Å²) in [6.07, 6.45) is 1.04. The van der Waals surface area contributed by atoms with E-state index in [0.29, 0.717) is 5.11 Å². The molecule has 20 heavy (non-hydrogen) atoms. The van der Waals surface area contributed by atoms with Crippen LogP contribution in [0.4, 0.5) is 5.69 Å². The minimum absolute atomic E-state index is 0.0571. The molecule has 5 nitrogen and oxygen atoms in total. The molecule has 0 unspecified atom stereocenters. The molecule has 1 heterocycles. The van der Waals surface area contributed by atoms with Crippen LogP contribution in [0.3, 0.4) is 0 Å². The molecule has 0 saturated carbocycles. The lowest BCUT2D eigenvalue weighted by Crippen LogP contribution is -2.42. The van der Waals surface area contributed by atoms with E-state index in [4.69, 9.17) is 12.2 Å². The lowest BCUT2D eigenvalue weighted by Gasteiger charge is -2.20. The van der Waals surface area contributed by atoms with Crippen molar-refractivity contribution >= 4 is 34.9 Å². The molecule has 1 amide bonds. The molecule has 0 spiro atoms. The third-order valence-corrected chi connectivity index (χ3v) is 3.48. The van der Waals surface area contributed by atoms with Crippen LogP contribution < -0.4 is 10.2 Å². The number of ether oxygens (including phenoxy) is 1. The van der Waals surface area contributed by atoms with E-state index in [-0.39, 0.29) is 18.7 Å². The summed E-state index contributed by atoms with van der Waals surface area (Å²) in [6.45, 7) is 0.759. The van der Waals surface area contributed by atoms with Gasteiger partial charge in [-0.15, -0.1) is 0 Å².